The smallest absolute Gasteiger partial charge is 0.191 e. The van der Waals surface area contributed by atoms with Crippen LogP contribution in [0.15, 0.2) is 4.99 Å². The lowest BCUT2D eigenvalue weighted by atomic mass is 9.93. The van der Waals surface area contributed by atoms with Gasteiger partial charge in [0, 0.05) is 19.1 Å². The molecule has 4 heteroatoms. The van der Waals surface area contributed by atoms with Crippen molar-refractivity contribution < 1.29 is 0 Å². The van der Waals surface area contributed by atoms with Crippen LogP contribution in [0.2, 0.25) is 0 Å². The quantitative estimate of drug-likeness (QED) is 0.713. The summed E-state index contributed by atoms with van der Waals surface area (Å²) in [6.45, 7) is 9.57. The second-order valence-corrected chi connectivity index (χ2v) is 5.49. The molecule has 0 amide bonds. The molecular weight excluding hydrogens is 188 g/mol. The van der Waals surface area contributed by atoms with Crippen LogP contribution in [0.1, 0.15) is 20.8 Å². The number of guanidine groups is 1. The summed E-state index contributed by atoms with van der Waals surface area (Å²) in [5, 5.41) is 6.67. The Balaban J connectivity index is 2.30. The lowest BCUT2D eigenvalue weighted by molar-refractivity contribution is 0.241. The van der Waals surface area contributed by atoms with Crippen LogP contribution in [-0.2, 0) is 0 Å². The Morgan fingerprint density at radius 3 is 2.67 bits per heavy atom. The third-order valence-electron chi connectivity index (χ3n) is 2.39. The van der Waals surface area contributed by atoms with Crippen molar-refractivity contribution in [3.8, 4) is 0 Å². The van der Waals surface area contributed by atoms with E-state index in [1.54, 1.807) is 0 Å². The predicted octanol–water partition coefficient (Wildman–Crippen LogP) is 0.512. The van der Waals surface area contributed by atoms with E-state index < -0.39 is 0 Å². The minimum Gasteiger partial charge on any atom is -0.356 e. The molecule has 1 aliphatic rings. The molecule has 2 N–H and O–H groups in total. The molecule has 1 aliphatic heterocycles. The number of rotatable bonds is 4. The first-order valence-electron chi connectivity index (χ1n) is 5.59. The summed E-state index contributed by atoms with van der Waals surface area (Å²) in [4.78, 5) is 6.60. The highest BCUT2D eigenvalue weighted by Gasteiger charge is 2.20. The number of nitrogens with zero attached hydrogens (tertiary/aromatic N) is 2. The third-order valence-corrected chi connectivity index (χ3v) is 2.39. The van der Waals surface area contributed by atoms with E-state index >= 15 is 0 Å². The van der Waals surface area contributed by atoms with Gasteiger partial charge in [0.15, 0.2) is 5.96 Å². The SMILES string of the molecule is CC1CN=C(NCC(C)(C)CN(C)C)N1. The van der Waals surface area contributed by atoms with Gasteiger partial charge in [-0.1, -0.05) is 13.8 Å². The Labute approximate surface area is 93.1 Å². The van der Waals surface area contributed by atoms with E-state index in [1.165, 1.54) is 0 Å². The molecule has 1 rings (SSSR count). The Kier molecular flexibility index (Phi) is 3.97. The first kappa shape index (κ1) is 12.3. The van der Waals surface area contributed by atoms with Gasteiger partial charge in [0.05, 0.1) is 6.54 Å². The van der Waals surface area contributed by atoms with Crippen molar-refractivity contribution >= 4 is 5.96 Å². The van der Waals surface area contributed by atoms with Gasteiger partial charge in [-0.15, -0.1) is 0 Å². The zero-order valence-electron chi connectivity index (χ0n) is 10.6. The lowest BCUT2D eigenvalue weighted by Crippen LogP contribution is -2.44. The van der Waals surface area contributed by atoms with Crippen molar-refractivity contribution in [3.63, 3.8) is 0 Å². The molecule has 0 saturated carbocycles. The normalized spacial score (nSPS) is 21.5. The van der Waals surface area contributed by atoms with Gasteiger partial charge >= 0.3 is 0 Å². The van der Waals surface area contributed by atoms with Gasteiger partial charge < -0.3 is 15.5 Å². The van der Waals surface area contributed by atoms with Gasteiger partial charge in [-0.05, 0) is 26.4 Å². The standard InChI is InChI=1S/C11H24N4/c1-9-6-12-10(14-9)13-7-11(2,3)8-15(4)5/h9H,6-8H2,1-5H3,(H2,12,13,14). The molecule has 0 bridgehead atoms. The Bertz CT molecular complexity index is 233. The predicted molar refractivity (Wildman–Crippen MR) is 65.2 cm³/mol. The fourth-order valence-corrected chi connectivity index (χ4v) is 1.89. The van der Waals surface area contributed by atoms with Gasteiger partial charge in [0.25, 0.3) is 0 Å². The molecule has 88 valence electrons. The fourth-order valence-electron chi connectivity index (χ4n) is 1.89. The summed E-state index contributed by atoms with van der Waals surface area (Å²) in [6.07, 6.45) is 0. The number of nitrogens with one attached hydrogen (secondary N) is 2. The van der Waals surface area contributed by atoms with Crippen molar-refractivity contribution in [1.82, 2.24) is 15.5 Å². The highest BCUT2D eigenvalue weighted by Crippen LogP contribution is 2.14. The van der Waals surface area contributed by atoms with Crippen LogP contribution in [-0.4, -0.2) is 50.6 Å². The molecule has 1 heterocycles. The van der Waals surface area contributed by atoms with E-state index in [0.29, 0.717) is 6.04 Å². The van der Waals surface area contributed by atoms with Crippen LogP contribution in [0.3, 0.4) is 0 Å². The molecule has 1 atom stereocenters. The highest BCUT2D eigenvalue weighted by atomic mass is 15.2. The van der Waals surface area contributed by atoms with Crippen molar-refractivity contribution in [3.05, 3.63) is 0 Å². The molecule has 0 aliphatic carbocycles. The molecule has 0 radical (unpaired) electrons. The largest absolute Gasteiger partial charge is 0.356 e. The maximum Gasteiger partial charge on any atom is 0.191 e. The van der Waals surface area contributed by atoms with Gasteiger partial charge in [-0.25, -0.2) is 0 Å². The molecule has 0 aromatic heterocycles. The minimum absolute atomic E-state index is 0.263. The summed E-state index contributed by atoms with van der Waals surface area (Å²) in [6, 6.07) is 0.476. The van der Waals surface area contributed by atoms with Gasteiger partial charge in [0.2, 0.25) is 0 Å². The van der Waals surface area contributed by atoms with Gasteiger partial charge in [-0.2, -0.15) is 0 Å². The zero-order chi connectivity index (χ0) is 11.5. The Morgan fingerprint density at radius 1 is 1.53 bits per heavy atom. The van der Waals surface area contributed by atoms with E-state index in [4.69, 9.17) is 0 Å². The zero-order valence-corrected chi connectivity index (χ0v) is 10.6. The molecule has 0 spiro atoms. The molecule has 15 heavy (non-hydrogen) atoms. The van der Waals surface area contributed by atoms with Crippen LogP contribution < -0.4 is 10.6 Å². The van der Waals surface area contributed by atoms with Gasteiger partial charge in [0.1, 0.15) is 0 Å². The van der Waals surface area contributed by atoms with Crippen molar-refractivity contribution in [1.29, 1.82) is 0 Å². The number of hydrogen-bond acceptors (Lipinski definition) is 4. The van der Waals surface area contributed by atoms with Crippen LogP contribution in [0.5, 0.6) is 0 Å². The van der Waals surface area contributed by atoms with E-state index in [-0.39, 0.29) is 5.41 Å². The average Bonchev–Trinajstić information content (AvgIpc) is 2.46. The van der Waals surface area contributed by atoms with Crippen LogP contribution in [0.4, 0.5) is 0 Å². The topological polar surface area (TPSA) is 39.7 Å². The first-order chi connectivity index (χ1) is 6.89. The molecule has 1 unspecified atom stereocenters. The molecular formula is C11H24N4. The van der Waals surface area contributed by atoms with Crippen molar-refractivity contribution in [2.75, 3.05) is 33.7 Å². The monoisotopic (exact) mass is 212 g/mol. The lowest BCUT2D eigenvalue weighted by Gasteiger charge is -2.28. The number of hydrogen-bond donors (Lipinski definition) is 2. The maximum absolute atomic E-state index is 4.38. The molecule has 4 nitrogen and oxygen atoms in total. The van der Waals surface area contributed by atoms with E-state index in [2.05, 4.69) is 55.4 Å². The van der Waals surface area contributed by atoms with E-state index in [9.17, 15) is 0 Å². The maximum atomic E-state index is 4.38. The van der Waals surface area contributed by atoms with E-state index in [1.807, 2.05) is 0 Å². The molecule has 0 saturated heterocycles. The van der Waals surface area contributed by atoms with Crippen molar-refractivity contribution in [2.45, 2.75) is 26.8 Å². The molecule has 0 aromatic carbocycles. The summed E-state index contributed by atoms with van der Waals surface area (Å²) in [7, 11) is 4.21. The van der Waals surface area contributed by atoms with E-state index in [0.717, 1.165) is 25.6 Å². The van der Waals surface area contributed by atoms with Gasteiger partial charge in [-0.3, -0.25) is 4.99 Å². The summed E-state index contributed by atoms with van der Waals surface area (Å²) < 4.78 is 0. The molecule has 0 fully saturated rings. The van der Waals surface area contributed by atoms with Crippen LogP contribution >= 0.6 is 0 Å². The van der Waals surface area contributed by atoms with Crippen LogP contribution in [0.25, 0.3) is 0 Å². The third kappa shape index (κ3) is 4.51. The summed E-state index contributed by atoms with van der Waals surface area (Å²) >= 11 is 0. The summed E-state index contributed by atoms with van der Waals surface area (Å²) in [5.41, 5.74) is 0.263. The first-order valence-corrected chi connectivity index (χ1v) is 5.59. The second kappa shape index (κ2) is 4.84. The Hall–Kier alpha value is -0.770. The summed E-state index contributed by atoms with van der Waals surface area (Å²) in [5.74, 6) is 0.953. The fraction of sp³-hybridized carbons (Fsp3) is 0.909. The Morgan fingerprint density at radius 2 is 2.20 bits per heavy atom. The molecule has 0 aromatic rings. The average molecular weight is 212 g/mol. The highest BCUT2D eigenvalue weighted by molar-refractivity contribution is 5.81. The minimum atomic E-state index is 0.263. The second-order valence-electron chi connectivity index (χ2n) is 5.49. The van der Waals surface area contributed by atoms with Crippen LogP contribution in [0, 0.1) is 5.41 Å². The number of aliphatic imine (C=N–C) groups is 1. The van der Waals surface area contributed by atoms with Crippen molar-refractivity contribution in [2.24, 2.45) is 10.4 Å².